The van der Waals surface area contributed by atoms with Gasteiger partial charge in [0.05, 0.1) is 26.4 Å². The van der Waals surface area contributed by atoms with Crippen molar-refractivity contribution in [2.75, 3.05) is 20.3 Å². The lowest BCUT2D eigenvalue weighted by Gasteiger charge is -2.22. The summed E-state index contributed by atoms with van der Waals surface area (Å²) in [6.45, 7) is 6.84. The van der Waals surface area contributed by atoms with E-state index in [1.165, 1.54) is 0 Å². The van der Waals surface area contributed by atoms with Crippen LogP contribution in [0.2, 0.25) is 0 Å². The summed E-state index contributed by atoms with van der Waals surface area (Å²) in [5, 5.41) is 19.1. The van der Waals surface area contributed by atoms with Crippen LogP contribution in [0.1, 0.15) is 25.3 Å². The zero-order chi connectivity index (χ0) is 16.4. The molecular formula is C18H28O4. The molecule has 0 aliphatic heterocycles. The molecule has 0 fully saturated rings. The minimum absolute atomic E-state index is 0.0411. The van der Waals surface area contributed by atoms with Crippen molar-refractivity contribution in [3.8, 4) is 5.75 Å². The molecule has 0 heterocycles. The van der Waals surface area contributed by atoms with E-state index >= 15 is 0 Å². The fourth-order valence-corrected chi connectivity index (χ4v) is 2.24. The Morgan fingerprint density at radius 1 is 1.27 bits per heavy atom. The zero-order valence-electron chi connectivity index (χ0n) is 13.6. The number of allylic oxidation sites excluding steroid dienone is 1. The molecule has 0 unspecified atom stereocenters. The van der Waals surface area contributed by atoms with Gasteiger partial charge in [-0.2, -0.15) is 0 Å². The van der Waals surface area contributed by atoms with Gasteiger partial charge in [-0.1, -0.05) is 25.1 Å². The Bertz CT molecular complexity index is 416. The summed E-state index contributed by atoms with van der Waals surface area (Å²) in [5.74, 6) is 1.01. The third-order valence-electron chi connectivity index (χ3n) is 3.84. The van der Waals surface area contributed by atoms with Gasteiger partial charge in [0.15, 0.2) is 0 Å². The lowest BCUT2D eigenvalue weighted by molar-refractivity contribution is 0.0193. The summed E-state index contributed by atoms with van der Waals surface area (Å²) in [6.07, 6.45) is 2.59. The highest BCUT2D eigenvalue weighted by atomic mass is 16.5. The Morgan fingerprint density at radius 2 is 1.95 bits per heavy atom. The van der Waals surface area contributed by atoms with Crippen molar-refractivity contribution in [1.29, 1.82) is 0 Å². The van der Waals surface area contributed by atoms with Gasteiger partial charge in [0, 0.05) is 12.5 Å². The van der Waals surface area contributed by atoms with Crippen LogP contribution in [0.4, 0.5) is 0 Å². The summed E-state index contributed by atoms with van der Waals surface area (Å²) < 4.78 is 10.8. The van der Waals surface area contributed by atoms with Crippen LogP contribution in [0.25, 0.3) is 0 Å². The van der Waals surface area contributed by atoms with Crippen molar-refractivity contribution < 1.29 is 19.7 Å². The monoisotopic (exact) mass is 308 g/mol. The lowest BCUT2D eigenvalue weighted by atomic mass is 9.92. The van der Waals surface area contributed by atoms with Gasteiger partial charge in [0.25, 0.3) is 0 Å². The summed E-state index contributed by atoms with van der Waals surface area (Å²) in [6, 6.07) is 7.74. The molecule has 0 aliphatic rings. The highest BCUT2D eigenvalue weighted by molar-refractivity contribution is 5.26. The maximum Gasteiger partial charge on any atom is 0.118 e. The van der Waals surface area contributed by atoms with E-state index in [-0.39, 0.29) is 18.4 Å². The van der Waals surface area contributed by atoms with E-state index < -0.39 is 6.10 Å². The van der Waals surface area contributed by atoms with Crippen molar-refractivity contribution in [1.82, 2.24) is 0 Å². The molecule has 1 aromatic rings. The highest BCUT2D eigenvalue weighted by Crippen LogP contribution is 2.18. The molecule has 0 radical (unpaired) electrons. The first-order valence-electron chi connectivity index (χ1n) is 7.72. The van der Waals surface area contributed by atoms with Gasteiger partial charge in [0.2, 0.25) is 0 Å². The van der Waals surface area contributed by atoms with Crippen molar-refractivity contribution >= 4 is 0 Å². The molecule has 0 spiro atoms. The fourth-order valence-electron chi connectivity index (χ4n) is 2.24. The van der Waals surface area contributed by atoms with Gasteiger partial charge < -0.3 is 19.7 Å². The molecule has 0 aliphatic carbocycles. The summed E-state index contributed by atoms with van der Waals surface area (Å²) in [4.78, 5) is 0. The second-order valence-electron chi connectivity index (χ2n) is 5.65. The number of aliphatic hydroxyl groups excluding tert-OH is 2. The van der Waals surface area contributed by atoms with E-state index in [1.54, 1.807) is 13.2 Å². The number of methoxy groups -OCH3 is 1. The Hall–Kier alpha value is -1.36. The predicted molar refractivity (Wildman–Crippen MR) is 87.8 cm³/mol. The molecule has 124 valence electrons. The smallest absolute Gasteiger partial charge is 0.118 e. The quantitative estimate of drug-likeness (QED) is 0.617. The maximum absolute atomic E-state index is 10.2. The van der Waals surface area contributed by atoms with E-state index in [2.05, 4.69) is 6.58 Å². The Labute approximate surface area is 133 Å². The second-order valence-corrected chi connectivity index (χ2v) is 5.65. The van der Waals surface area contributed by atoms with Crippen molar-refractivity contribution in [2.45, 2.75) is 32.5 Å². The Morgan fingerprint density at radius 3 is 2.50 bits per heavy atom. The van der Waals surface area contributed by atoms with Gasteiger partial charge in [0.1, 0.15) is 5.75 Å². The average Bonchev–Trinajstić information content (AvgIpc) is 2.54. The number of hydrogen-bond acceptors (Lipinski definition) is 4. The zero-order valence-corrected chi connectivity index (χ0v) is 13.6. The van der Waals surface area contributed by atoms with Crippen LogP contribution in [-0.4, -0.2) is 36.6 Å². The van der Waals surface area contributed by atoms with Crippen LogP contribution < -0.4 is 4.74 Å². The normalized spacial score (nSPS) is 15.1. The fraction of sp³-hybridized carbons (Fsp3) is 0.556. The molecule has 4 heteroatoms. The molecule has 4 nitrogen and oxygen atoms in total. The minimum atomic E-state index is -0.453. The van der Waals surface area contributed by atoms with Crippen LogP contribution >= 0.6 is 0 Å². The average molecular weight is 308 g/mol. The molecule has 1 aromatic carbocycles. The van der Waals surface area contributed by atoms with E-state index in [1.807, 2.05) is 31.2 Å². The number of rotatable bonds is 11. The van der Waals surface area contributed by atoms with Gasteiger partial charge in [-0.3, -0.25) is 0 Å². The molecular weight excluding hydrogens is 280 g/mol. The lowest BCUT2D eigenvalue weighted by Crippen LogP contribution is -2.25. The Kier molecular flexibility index (Phi) is 8.82. The molecule has 0 saturated carbocycles. The van der Waals surface area contributed by atoms with Crippen molar-refractivity contribution in [3.63, 3.8) is 0 Å². The first-order valence-corrected chi connectivity index (χ1v) is 7.72. The molecule has 0 aromatic heterocycles. The van der Waals surface area contributed by atoms with E-state index in [9.17, 15) is 5.11 Å². The third kappa shape index (κ3) is 6.60. The van der Waals surface area contributed by atoms with Gasteiger partial charge >= 0.3 is 0 Å². The van der Waals surface area contributed by atoms with E-state index in [0.717, 1.165) is 11.3 Å². The third-order valence-corrected chi connectivity index (χ3v) is 3.84. The largest absolute Gasteiger partial charge is 0.497 e. The first kappa shape index (κ1) is 18.7. The SMILES string of the molecule is C=C[C@H](CCO)C[C@@H](O)[C@H](C)COCc1ccc(OC)cc1. The highest BCUT2D eigenvalue weighted by Gasteiger charge is 2.18. The van der Waals surface area contributed by atoms with Gasteiger partial charge in [-0.15, -0.1) is 6.58 Å². The van der Waals surface area contributed by atoms with Gasteiger partial charge in [-0.25, -0.2) is 0 Å². The predicted octanol–water partition coefficient (Wildman–Crippen LogP) is 2.78. The number of aliphatic hydroxyl groups is 2. The summed E-state index contributed by atoms with van der Waals surface area (Å²) >= 11 is 0. The maximum atomic E-state index is 10.2. The number of benzene rings is 1. The molecule has 1 rings (SSSR count). The first-order chi connectivity index (χ1) is 10.6. The van der Waals surface area contributed by atoms with E-state index in [4.69, 9.17) is 14.6 Å². The minimum Gasteiger partial charge on any atom is -0.497 e. The second kappa shape index (κ2) is 10.4. The Balaban J connectivity index is 2.31. The molecule has 3 atom stereocenters. The molecule has 2 N–H and O–H groups in total. The van der Waals surface area contributed by atoms with Crippen LogP contribution in [0, 0.1) is 11.8 Å². The van der Waals surface area contributed by atoms with Crippen molar-refractivity contribution in [3.05, 3.63) is 42.5 Å². The molecule has 0 bridgehead atoms. The van der Waals surface area contributed by atoms with E-state index in [0.29, 0.717) is 26.1 Å². The molecule has 0 amide bonds. The topological polar surface area (TPSA) is 58.9 Å². The van der Waals surface area contributed by atoms with Crippen LogP contribution in [0.3, 0.4) is 0 Å². The summed E-state index contributed by atoms with van der Waals surface area (Å²) in [7, 11) is 1.64. The summed E-state index contributed by atoms with van der Waals surface area (Å²) in [5.41, 5.74) is 1.08. The van der Waals surface area contributed by atoms with Crippen molar-refractivity contribution in [2.24, 2.45) is 11.8 Å². The number of hydrogen-bond donors (Lipinski definition) is 2. The van der Waals surface area contributed by atoms with Gasteiger partial charge in [-0.05, 0) is 36.5 Å². The number of ether oxygens (including phenoxy) is 2. The standard InChI is InChI=1S/C18H28O4/c1-4-15(9-10-19)11-18(20)14(2)12-22-13-16-5-7-17(21-3)8-6-16/h4-8,14-15,18-20H,1,9-13H2,2-3H3/t14-,15-,18-/m1/s1. The van der Waals surface area contributed by atoms with Crippen LogP contribution in [0.15, 0.2) is 36.9 Å². The van der Waals surface area contributed by atoms with Crippen LogP contribution in [0.5, 0.6) is 5.75 Å². The molecule has 22 heavy (non-hydrogen) atoms. The van der Waals surface area contributed by atoms with Crippen LogP contribution in [-0.2, 0) is 11.3 Å². The molecule has 0 saturated heterocycles.